The molecule has 1 heterocycles. The van der Waals surface area contributed by atoms with Crippen LogP contribution in [0.4, 0.5) is 11.4 Å². The molecule has 0 unspecified atom stereocenters. The van der Waals surface area contributed by atoms with Gasteiger partial charge in [-0.15, -0.1) is 0 Å². The molecule has 2 aromatic carbocycles. The van der Waals surface area contributed by atoms with E-state index in [0.29, 0.717) is 37.6 Å². The molecule has 1 saturated heterocycles. The van der Waals surface area contributed by atoms with Crippen LogP contribution in [0.2, 0.25) is 0 Å². The van der Waals surface area contributed by atoms with E-state index >= 15 is 0 Å². The normalized spacial score (nSPS) is 15.9. The number of benzene rings is 2. The molecule has 172 valence electrons. The standard InChI is InChI=1S/C23H30N4O4S/c1-23(2,3)22(29)25-19-9-6-8-18(16-19)24-21(28)17-7-5-10-20(15-17)32(30,31)27-13-11-26(4)12-14-27/h5-10,15-16H,11-14H2,1-4H3,(H,24,28)(H,25,29). The molecule has 0 saturated carbocycles. The largest absolute Gasteiger partial charge is 0.326 e. The minimum absolute atomic E-state index is 0.0981. The quantitative estimate of drug-likeness (QED) is 0.718. The number of carbonyl (C=O) groups excluding carboxylic acids is 2. The zero-order valence-corrected chi connectivity index (χ0v) is 19.7. The fourth-order valence-corrected chi connectivity index (χ4v) is 4.64. The minimum atomic E-state index is -3.67. The lowest BCUT2D eigenvalue weighted by molar-refractivity contribution is -0.123. The first-order valence-corrected chi connectivity index (χ1v) is 11.9. The lowest BCUT2D eigenvalue weighted by Crippen LogP contribution is -2.47. The van der Waals surface area contributed by atoms with Gasteiger partial charge >= 0.3 is 0 Å². The summed E-state index contributed by atoms with van der Waals surface area (Å²) in [6.07, 6.45) is 0. The molecule has 0 radical (unpaired) electrons. The second kappa shape index (κ2) is 9.40. The van der Waals surface area contributed by atoms with Gasteiger partial charge in [-0.05, 0) is 43.4 Å². The van der Waals surface area contributed by atoms with Gasteiger partial charge in [-0.3, -0.25) is 9.59 Å². The number of nitrogens with one attached hydrogen (secondary N) is 2. The van der Waals surface area contributed by atoms with E-state index in [9.17, 15) is 18.0 Å². The summed E-state index contributed by atoms with van der Waals surface area (Å²) < 4.78 is 27.4. The molecule has 1 fully saturated rings. The van der Waals surface area contributed by atoms with Gasteiger partial charge in [0.2, 0.25) is 15.9 Å². The Labute approximate surface area is 189 Å². The summed E-state index contributed by atoms with van der Waals surface area (Å²) in [6.45, 7) is 7.62. The molecule has 0 bridgehead atoms. The third-order valence-electron chi connectivity index (χ3n) is 5.26. The van der Waals surface area contributed by atoms with Crippen LogP contribution < -0.4 is 10.6 Å². The van der Waals surface area contributed by atoms with Gasteiger partial charge in [0, 0.05) is 48.5 Å². The molecular formula is C23H30N4O4S. The molecule has 1 aliphatic rings. The summed E-state index contributed by atoms with van der Waals surface area (Å²) >= 11 is 0. The third kappa shape index (κ3) is 5.73. The summed E-state index contributed by atoms with van der Waals surface area (Å²) in [7, 11) is -1.71. The second-order valence-corrected chi connectivity index (χ2v) is 10.9. The number of amides is 2. The summed E-state index contributed by atoms with van der Waals surface area (Å²) in [4.78, 5) is 27.2. The van der Waals surface area contributed by atoms with Gasteiger partial charge in [-0.2, -0.15) is 4.31 Å². The maximum absolute atomic E-state index is 13.0. The Morgan fingerprint density at radius 2 is 1.47 bits per heavy atom. The van der Waals surface area contributed by atoms with E-state index in [1.807, 2.05) is 27.8 Å². The van der Waals surface area contributed by atoms with Gasteiger partial charge in [-0.25, -0.2) is 8.42 Å². The Hall–Kier alpha value is -2.75. The predicted molar refractivity (Wildman–Crippen MR) is 125 cm³/mol. The van der Waals surface area contributed by atoms with E-state index in [4.69, 9.17) is 0 Å². The molecule has 9 heteroatoms. The molecule has 2 N–H and O–H groups in total. The Bertz CT molecular complexity index is 1100. The zero-order valence-electron chi connectivity index (χ0n) is 18.9. The number of carbonyl (C=O) groups is 2. The first-order chi connectivity index (χ1) is 15.0. The fraction of sp³-hybridized carbons (Fsp3) is 0.391. The van der Waals surface area contributed by atoms with E-state index in [1.54, 1.807) is 36.4 Å². The summed E-state index contributed by atoms with van der Waals surface area (Å²) in [5.74, 6) is -0.567. The number of piperazine rings is 1. The van der Waals surface area contributed by atoms with Crippen LogP contribution in [0, 0.1) is 5.41 Å². The number of hydrogen-bond acceptors (Lipinski definition) is 5. The van der Waals surface area contributed by atoms with Crippen LogP contribution in [0.25, 0.3) is 0 Å². The van der Waals surface area contributed by atoms with E-state index in [1.165, 1.54) is 16.4 Å². The maximum atomic E-state index is 13.0. The van der Waals surface area contributed by atoms with Crippen molar-refractivity contribution in [2.75, 3.05) is 43.9 Å². The van der Waals surface area contributed by atoms with Crippen molar-refractivity contribution in [1.82, 2.24) is 9.21 Å². The van der Waals surface area contributed by atoms with Gasteiger partial charge in [0.1, 0.15) is 0 Å². The number of likely N-dealkylation sites (N-methyl/N-ethyl adjacent to an activating group) is 1. The maximum Gasteiger partial charge on any atom is 0.255 e. The number of nitrogens with zero attached hydrogens (tertiary/aromatic N) is 2. The minimum Gasteiger partial charge on any atom is -0.326 e. The molecule has 2 amide bonds. The van der Waals surface area contributed by atoms with Gasteiger partial charge in [-0.1, -0.05) is 32.9 Å². The molecule has 32 heavy (non-hydrogen) atoms. The highest BCUT2D eigenvalue weighted by Gasteiger charge is 2.28. The Morgan fingerprint density at radius 1 is 0.875 bits per heavy atom. The first kappa shape index (κ1) is 23.9. The number of anilines is 2. The van der Waals surface area contributed by atoms with Crippen molar-refractivity contribution in [3.05, 3.63) is 54.1 Å². The Morgan fingerprint density at radius 3 is 2.09 bits per heavy atom. The van der Waals surface area contributed by atoms with Crippen LogP contribution in [0.5, 0.6) is 0 Å². The lowest BCUT2D eigenvalue weighted by atomic mass is 9.95. The van der Waals surface area contributed by atoms with Gasteiger partial charge < -0.3 is 15.5 Å². The number of rotatable bonds is 5. The Balaban J connectivity index is 1.74. The molecule has 8 nitrogen and oxygen atoms in total. The SMILES string of the molecule is CN1CCN(S(=O)(=O)c2cccc(C(=O)Nc3cccc(NC(=O)C(C)(C)C)c3)c2)CC1. The highest BCUT2D eigenvalue weighted by Crippen LogP contribution is 2.22. The van der Waals surface area contributed by atoms with Crippen molar-refractivity contribution in [2.24, 2.45) is 5.41 Å². The molecule has 0 aromatic heterocycles. The number of hydrogen-bond donors (Lipinski definition) is 2. The van der Waals surface area contributed by atoms with Crippen molar-refractivity contribution >= 4 is 33.2 Å². The van der Waals surface area contributed by atoms with E-state index in [-0.39, 0.29) is 16.4 Å². The molecule has 3 rings (SSSR count). The highest BCUT2D eigenvalue weighted by atomic mass is 32.2. The van der Waals surface area contributed by atoms with Crippen molar-refractivity contribution in [3.8, 4) is 0 Å². The van der Waals surface area contributed by atoms with Crippen molar-refractivity contribution in [3.63, 3.8) is 0 Å². The van der Waals surface area contributed by atoms with Crippen molar-refractivity contribution in [1.29, 1.82) is 0 Å². The van der Waals surface area contributed by atoms with Gasteiger partial charge in [0.25, 0.3) is 5.91 Å². The lowest BCUT2D eigenvalue weighted by Gasteiger charge is -2.31. The fourth-order valence-electron chi connectivity index (χ4n) is 3.17. The average Bonchev–Trinajstić information content (AvgIpc) is 2.73. The molecule has 2 aromatic rings. The summed E-state index contributed by atoms with van der Waals surface area (Å²) in [5.41, 5.74) is 0.752. The molecule has 1 aliphatic heterocycles. The zero-order chi connectivity index (χ0) is 23.5. The van der Waals surface area contributed by atoms with Gasteiger partial charge in [0.05, 0.1) is 4.90 Å². The van der Waals surface area contributed by atoms with E-state index < -0.39 is 21.3 Å². The second-order valence-electron chi connectivity index (χ2n) is 8.97. The van der Waals surface area contributed by atoms with Crippen LogP contribution in [-0.2, 0) is 14.8 Å². The van der Waals surface area contributed by atoms with Crippen LogP contribution >= 0.6 is 0 Å². The monoisotopic (exact) mass is 458 g/mol. The molecule has 0 aliphatic carbocycles. The number of sulfonamides is 1. The topological polar surface area (TPSA) is 98.8 Å². The van der Waals surface area contributed by atoms with E-state index in [0.717, 1.165) is 0 Å². The predicted octanol–water partition coefficient (Wildman–Crippen LogP) is 2.86. The van der Waals surface area contributed by atoms with Crippen LogP contribution in [0.1, 0.15) is 31.1 Å². The summed E-state index contributed by atoms with van der Waals surface area (Å²) in [6, 6.07) is 12.9. The summed E-state index contributed by atoms with van der Waals surface area (Å²) in [5, 5.41) is 5.59. The van der Waals surface area contributed by atoms with Crippen LogP contribution in [-0.4, -0.2) is 62.7 Å². The highest BCUT2D eigenvalue weighted by molar-refractivity contribution is 7.89. The molecule has 0 spiro atoms. The first-order valence-electron chi connectivity index (χ1n) is 10.5. The third-order valence-corrected chi connectivity index (χ3v) is 7.15. The Kier molecular flexibility index (Phi) is 7.02. The molecule has 0 atom stereocenters. The van der Waals surface area contributed by atoms with E-state index in [2.05, 4.69) is 15.5 Å². The van der Waals surface area contributed by atoms with Crippen molar-refractivity contribution < 1.29 is 18.0 Å². The van der Waals surface area contributed by atoms with Gasteiger partial charge in [0.15, 0.2) is 0 Å². The van der Waals surface area contributed by atoms with Crippen molar-refractivity contribution in [2.45, 2.75) is 25.7 Å². The van der Waals surface area contributed by atoms with Crippen LogP contribution in [0.15, 0.2) is 53.4 Å². The van der Waals surface area contributed by atoms with Crippen LogP contribution in [0.3, 0.4) is 0 Å². The average molecular weight is 459 g/mol. The smallest absolute Gasteiger partial charge is 0.255 e. The molecular weight excluding hydrogens is 428 g/mol.